The maximum atomic E-state index is 11.9. The van der Waals surface area contributed by atoms with Gasteiger partial charge in [0.05, 0.1) is 14.2 Å². The Hall–Kier alpha value is -2.69. The second-order valence-corrected chi connectivity index (χ2v) is 5.51. The first-order valence-electron chi connectivity index (χ1n) is 7.90. The van der Waals surface area contributed by atoms with Crippen molar-refractivity contribution in [1.82, 2.24) is 5.32 Å². The van der Waals surface area contributed by atoms with Crippen LogP contribution in [0.15, 0.2) is 42.5 Å². The van der Waals surface area contributed by atoms with E-state index in [0.29, 0.717) is 31.0 Å². The number of hydrogen-bond acceptors (Lipinski definition) is 4. The van der Waals surface area contributed by atoms with Crippen LogP contribution in [0.2, 0.25) is 0 Å². The van der Waals surface area contributed by atoms with Gasteiger partial charge < -0.3 is 20.1 Å². The molecule has 0 saturated carbocycles. The van der Waals surface area contributed by atoms with Crippen molar-refractivity contribution in [2.24, 2.45) is 0 Å². The van der Waals surface area contributed by atoms with Gasteiger partial charge in [-0.1, -0.05) is 18.2 Å². The molecule has 0 aromatic heterocycles. The van der Waals surface area contributed by atoms with Crippen LogP contribution in [-0.2, 0) is 11.3 Å². The van der Waals surface area contributed by atoms with Gasteiger partial charge in [0.1, 0.15) is 0 Å². The van der Waals surface area contributed by atoms with Crippen LogP contribution in [-0.4, -0.2) is 26.7 Å². The lowest BCUT2D eigenvalue weighted by Crippen LogP contribution is -2.24. The number of methoxy groups -OCH3 is 2. The fourth-order valence-corrected chi connectivity index (χ4v) is 2.36. The second-order valence-electron chi connectivity index (χ2n) is 5.51. The highest BCUT2D eigenvalue weighted by Crippen LogP contribution is 2.27. The van der Waals surface area contributed by atoms with E-state index >= 15 is 0 Å². The van der Waals surface area contributed by atoms with Crippen LogP contribution < -0.4 is 20.1 Å². The van der Waals surface area contributed by atoms with E-state index in [2.05, 4.69) is 16.7 Å². The van der Waals surface area contributed by atoms with E-state index in [-0.39, 0.29) is 5.91 Å². The molecule has 0 aliphatic carbocycles. The number of ether oxygens (including phenoxy) is 2. The average molecular weight is 328 g/mol. The van der Waals surface area contributed by atoms with Crippen LogP contribution in [0.1, 0.15) is 17.5 Å². The quantitative estimate of drug-likeness (QED) is 0.781. The lowest BCUT2D eigenvalue weighted by atomic mass is 10.2. The van der Waals surface area contributed by atoms with Gasteiger partial charge in [-0.25, -0.2) is 0 Å². The van der Waals surface area contributed by atoms with E-state index in [1.54, 1.807) is 14.2 Å². The molecule has 0 radical (unpaired) electrons. The van der Waals surface area contributed by atoms with Gasteiger partial charge in [0.15, 0.2) is 11.5 Å². The third-order valence-corrected chi connectivity index (χ3v) is 3.64. The number of anilines is 1. The summed E-state index contributed by atoms with van der Waals surface area (Å²) in [5, 5.41) is 6.16. The number of hydrogen-bond donors (Lipinski definition) is 2. The molecule has 0 unspecified atom stereocenters. The van der Waals surface area contributed by atoms with E-state index in [9.17, 15) is 4.79 Å². The lowest BCUT2D eigenvalue weighted by Gasteiger charge is -2.11. The maximum Gasteiger partial charge on any atom is 0.222 e. The monoisotopic (exact) mass is 328 g/mol. The number of benzene rings is 2. The molecule has 0 fully saturated rings. The second kappa shape index (κ2) is 8.82. The molecule has 0 saturated heterocycles. The van der Waals surface area contributed by atoms with Crippen molar-refractivity contribution in [2.45, 2.75) is 19.9 Å². The van der Waals surface area contributed by atoms with Gasteiger partial charge in [0.2, 0.25) is 5.91 Å². The molecule has 2 rings (SSSR count). The zero-order chi connectivity index (χ0) is 17.4. The van der Waals surface area contributed by atoms with Crippen molar-refractivity contribution in [3.05, 3.63) is 53.6 Å². The summed E-state index contributed by atoms with van der Waals surface area (Å²) in [5.41, 5.74) is 3.19. The number of amides is 1. The molecule has 5 heteroatoms. The molecule has 128 valence electrons. The smallest absolute Gasteiger partial charge is 0.222 e. The van der Waals surface area contributed by atoms with Gasteiger partial charge >= 0.3 is 0 Å². The fraction of sp³-hybridized carbons (Fsp3) is 0.316. The van der Waals surface area contributed by atoms with E-state index in [1.165, 1.54) is 5.56 Å². The molecule has 0 aliphatic heterocycles. The fourth-order valence-electron chi connectivity index (χ4n) is 2.36. The van der Waals surface area contributed by atoms with Crippen molar-refractivity contribution in [2.75, 3.05) is 26.1 Å². The summed E-state index contributed by atoms with van der Waals surface area (Å²) in [5.74, 6) is 1.34. The van der Waals surface area contributed by atoms with Crippen LogP contribution >= 0.6 is 0 Å². The van der Waals surface area contributed by atoms with E-state index < -0.39 is 0 Å². The highest BCUT2D eigenvalue weighted by Gasteiger charge is 2.06. The minimum Gasteiger partial charge on any atom is -0.493 e. The summed E-state index contributed by atoms with van der Waals surface area (Å²) in [6, 6.07) is 13.7. The highest BCUT2D eigenvalue weighted by molar-refractivity contribution is 5.76. The molecular formula is C19H24N2O3. The van der Waals surface area contributed by atoms with Gasteiger partial charge in [-0.3, -0.25) is 4.79 Å². The zero-order valence-electron chi connectivity index (χ0n) is 14.4. The summed E-state index contributed by atoms with van der Waals surface area (Å²) in [4.78, 5) is 11.9. The highest BCUT2D eigenvalue weighted by atomic mass is 16.5. The van der Waals surface area contributed by atoms with Gasteiger partial charge in [0.25, 0.3) is 0 Å². The van der Waals surface area contributed by atoms with E-state index in [4.69, 9.17) is 9.47 Å². The van der Waals surface area contributed by atoms with Crippen LogP contribution in [0, 0.1) is 6.92 Å². The first kappa shape index (κ1) is 17.7. The largest absolute Gasteiger partial charge is 0.493 e. The molecule has 2 N–H and O–H groups in total. The molecule has 0 heterocycles. The molecule has 5 nitrogen and oxygen atoms in total. The maximum absolute atomic E-state index is 11.9. The lowest BCUT2D eigenvalue weighted by molar-refractivity contribution is -0.121. The molecule has 1 amide bonds. The molecule has 0 aliphatic rings. The van der Waals surface area contributed by atoms with Crippen molar-refractivity contribution < 1.29 is 14.3 Å². The molecule has 2 aromatic rings. The third kappa shape index (κ3) is 5.19. The first-order chi connectivity index (χ1) is 11.6. The van der Waals surface area contributed by atoms with Crippen LogP contribution in [0.25, 0.3) is 0 Å². The summed E-state index contributed by atoms with van der Waals surface area (Å²) >= 11 is 0. The molecule has 0 bridgehead atoms. The molecule has 0 atom stereocenters. The van der Waals surface area contributed by atoms with E-state index in [1.807, 2.05) is 43.3 Å². The number of carbonyl (C=O) groups excluding carboxylic acids is 1. The Bertz CT molecular complexity index is 686. The number of aryl methyl sites for hydroxylation is 1. The summed E-state index contributed by atoms with van der Waals surface area (Å²) in [6.45, 7) is 3.10. The van der Waals surface area contributed by atoms with Gasteiger partial charge in [-0.15, -0.1) is 0 Å². The van der Waals surface area contributed by atoms with Gasteiger partial charge in [0, 0.05) is 25.2 Å². The Morgan fingerprint density at radius 1 is 1.04 bits per heavy atom. The van der Waals surface area contributed by atoms with Crippen molar-refractivity contribution in [3.63, 3.8) is 0 Å². The predicted molar refractivity (Wildman–Crippen MR) is 95.7 cm³/mol. The topological polar surface area (TPSA) is 59.6 Å². The average Bonchev–Trinajstić information content (AvgIpc) is 2.59. The normalized spacial score (nSPS) is 10.1. The van der Waals surface area contributed by atoms with Crippen molar-refractivity contribution in [1.29, 1.82) is 0 Å². The molecule has 0 spiro atoms. The van der Waals surface area contributed by atoms with Crippen LogP contribution in [0.5, 0.6) is 11.5 Å². The predicted octanol–water partition coefficient (Wildman–Crippen LogP) is 3.13. The molecular weight excluding hydrogens is 304 g/mol. The van der Waals surface area contributed by atoms with Crippen molar-refractivity contribution in [3.8, 4) is 11.5 Å². The van der Waals surface area contributed by atoms with Gasteiger partial charge in [-0.2, -0.15) is 0 Å². The molecule has 2 aromatic carbocycles. The zero-order valence-corrected chi connectivity index (χ0v) is 14.4. The van der Waals surface area contributed by atoms with Gasteiger partial charge in [-0.05, 0) is 42.3 Å². The summed E-state index contributed by atoms with van der Waals surface area (Å²) in [6.07, 6.45) is 0.418. The minimum absolute atomic E-state index is 0.00457. The standard InChI is InChI=1S/C19H24N2O3/c1-14-5-4-6-16(11-14)20-10-9-19(22)21-13-15-7-8-17(23-2)18(12-15)24-3/h4-8,11-12,20H,9-10,13H2,1-3H3,(H,21,22). The summed E-state index contributed by atoms with van der Waals surface area (Å²) in [7, 11) is 3.19. The molecule has 24 heavy (non-hydrogen) atoms. The SMILES string of the molecule is COc1ccc(CNC(=O)CCNc2cccc(C)c2)cc1OC. The third-order valence-electron chi connectivity index (χ3n) is 3.64. The Morgan fingerprint density at radius 2 is 1.83 bits per heavy atom. The Labute approximate surface area is 143 Å². The van der Waals surface area contributed by atoms with E-state index in [0.717, 1.165) is 11.3 Å². The Kier molecular flexibility index (Phi) is 6.49. The number of rotatable bonds is 8. The number of carbonyl (C=O) groups is 1. The number of nitrogens with one attached hydrogen (secondary N) is 2. The van der Waals surface area contributed by atoms with Crippen LogP contribution in [0.4, 0.5) is 5.69 Å². The van der Waals surface area contributed by atoms with Crippen LogP contribution in [0.3, 0.4) is 0 Å². The minimum atomic E-state index is 0.00457. The van der Waals surface area contributed by atoms with Crippen molar-refractivity contribution >= 4 is 11.6 Å². The Morgan fingerprint density at radius 3 is 2.54 bits per heavy atom. The Balaban J connectivity index is 1.77. The first-order valence-corrected chi connectivity index (χ1v) is 7.90. The summed E-state index contributed by atoms with van der Waals surface area (Å²) < 4.78 is 10.5.